The Bertz CT molecular complexity index is 911. The number of hydrogen-bond acceptors (Lipinski definition) is 6. The van der Waals surface area contributed by atoms with Gasteiger partial charge in [0.25, 0.3) is 5.91 Å². The summed E-state index contributed by atoms with van der Waals surface area (Å²) in [4.78, 5) is 12.2. The number of para-hydroxylation sites is 1. The standard InChI is InChI=1S/C18H22N4O3S/c1-3-13-6-4-5-12(2)17(13)20-16-8-7-15(21-22-16)18(23)19-14-9-10-26(24,25)11-14/h4-8,14H,3,9-11H2,1-2H3,(H,19,23)(H,20,22). The van der Waals surface area contributed by atoms with E-state index >= 15 is 0 Å². The predicted octanol–water partition coefficient (Wildman–Crippen LogP) is 2.01. The molecule has 8 heteroatoms. The molecule has 1 aromatic heterocycles. The molecule has 2 N–H and O–H groups in total. The molecule has 1 fully saturated rings. The van der Waals surface area contributed by atoms with E-state index in [2.05, 4.69) is 33.8 Å². The number of aryl methyl sites for hydroxylation is 2. The summed E-state index contributed by atoms with van der Waals surface area (Å²) < 4.78 is 22.9. The lowest BCUT2D eigenvalue weighted by molar-refractivity contribution is 0.0935. The summed E-state index contributed by atoms with van der Waals surface area (Å²) in [5, 5.41) is 14.0. The summed E-state index contributed by atoms with van der Waals surface area (Å²) in [6.45, 7) is 4.11. The van der Waals surface area contributed by atoms with Crippen LogP contribution < -0.4 is 10.6 Å². The maximum Gasteiger partial charge on any atom is 0.272 e. The Hall–Kier alpha value is -2.48. The number of aromatic nitrogens is 2. The molecule has 138 valence electrons. The molecule has 1 unspecified atom stereocenters. The zero-order chi connectivity index (χ0) is 18.7. The van der Waals surface area contributed by atoms with Crippen LogP contribution in [0, 0.1) is 6.92 Å². The lowest BCUT2D eigenvalue weighted by atomic mass is 10.1. The van der Waals surface area contributed by atoms with Crippen LogP contribution >= 0.6 is 0 Å². The molecule has 3 rings (SSSR count). The Morgan fingerprint density at radius 1 is 1.23 bits per heavy atom. The average molecular weight is 374 g/mol. The van der Waals surface area contributed by atoms with E-state index in [4.69, 9.17) is 0 Å². The zero-order valence-corrected chi connectivity index (χ0v) is 15.6. The number of benzene rings is 1. The van der Waals surface area contributed by atoms with Crippen LogP contribution in [0.5, 0.6) is 0 Å². The van der Waals surface area contributed by atoms with E-state index < -0.39 is 15.7 Å². The molecule has 7 nitrogen and oxygen atoms in total. The Kier molecular flexibility index (Phi) is 5.22. The van der Waals surface area contributed by atoms with Gasteiger partial charge in [0.2, 0.25) is 0 Å². The molecule has 1 aliphatic heterocycles. The Balaban J connectivity index is 1.68. The van der Waals surface area contributed by atoms with Crippen LogP contribution in [0.4, 0.5) is 11.5 Å². The van der Waals surface area contributed by atoms with E-state index in [9.17, 15) is 13.2 Å². The molecule has 0 bridgehead atoms. The van der Waals surface area contributed by atoms with Gasteiger partial charge in [-0.25, -0.2) is 8.42 Å². The van der Waals surface area contributed by atoms with Crippen molar-refractivity contribution < 1.29 is 13.2 Å². The number of carbonyl (C=O) groups excluding carboxylic acids is 1. The number of hydrogen-bond donors (Lipinski definition) is 2. The van der Waals surface area contributed by atoms with Crippen molar-refractivity contribution in [3.63, 3.8) is 0 Å². The maximum absolute atomic E-state index is 12.2. The molecule has 0 spiro atoms. The van der Waals surface area contributed by atoms with E-state index in [0.29, 0.717) is 12.2 Å². The van der Waals surface area contributed by atoms with Crippen LogP contribution in [0.15, 0.2) is 30.3 Å². The number of amides is 1. The van der Waals surface area contributed by atoms with Crippen molar-refractivity contribution in [3.05, 3.63) is 47.2 Å². The van der Waals surface area contributed by atoms with E-state index in [0.717, 1.165) is 17.7 Å². The first-order valence-corrected chi connectivity index (χ1v) is 10.4. The monoisotopic (exact) mass is 374 g/mol. The second kappa shape index (κ2) is 7.41. The highest BCUT2D eigenvalue weighted by atomic mass is 32.2. The third kappa shape index (κ3) is 4.19. The van der Waals surface area contributed by atoms with Gasteiger partial charge in [-0.15, -0.1) is 10.2 Å². The minimum atomic E-state index is -3.04. The van der Waals surface area contributed by atoms with Gasteiger partial charge in [0.05, 0.1) is 11.5 Å². The molecule has 2 aromatic rings. The first-order chi connectivity index (χ1) is 12.4. The number of carbonyl (C=O) groups is 1. The van der Waals surface area contributed by atoms with E-state index in [1.54, 1.807) is 12.1 Å². The number of anilines is 2. The third-order valence-electron chi connectivity index (χ3n) is 4.46. The molecule has 1 saturated heterocycles. The molecule has 0 saturated carbocycles. The van der Waals surface area contributed by atoms with Crippen molar-refractivity contribution >= 4 is 27.2 Å². The summed E-state index contributed by atoms with van der Waals surface area (Å²) in [6, 6.07) is 9.01. The van der Waals surface area contributed by atoms with Crippen molar-refractivity contribution in [2.45, 2.75) is 32.7 Å². The van der Waals surface area contributed by atoms with Crippen LogP contribution in [0.2, 0.25) is 0 Å². The first kappa shape index (κ1) is 18.3. The summed E-state index contributed by atoms with van der Waals surface area (Å²) in [5.41, 5.74) is 3.45. The van der Waals surface area contributed by atoms with Gasteiger partial charge >= 0.3 is 0 Å². The van der Waals surface area contributed by atoms with Crippen LogP contribution in [0.25, 0.3) is 0 Å². The molecule has 2 heterocycles. The Labute approximate surface area is 153 Å². The lowest BCUT2D eigenvalue weighted by Crippen LogP contribution is -2.36. The minimum absolute atomic E-state index is 0.0150. The molecule has 1 atom stereocenters. The first-order valence-electron chi connectivity index (χ1n) is 8.58. The van der Waals surface area contributed by atoms with E-state index in [1.807, 2.05) is 19.1 Å². The Morgan fingerprint density at radius 3 is 2.65 bits per heavy atom. The fourth-order valence-corrected chi connectivity index (χ4v) is 4.69. The second-order valence-corrected chi connectivity index (χ2v) is 8.69. The van der Waals surface area contributed by atoms with Gasteiger partial charge in [0.1, 0.15) is 0 Å². The highest BCUT2D eigenvalue weighted by Crippen LogP contribution is 2.24. The summed E-state index contributed by atoms with van der Waals surface area (Å²) in [6.07, 6.45) is 1.33. The SMILES string of the molecule is CCc1cccc(C)c1Nc1ccc(C(=O)NC2CCS(=O)(=O)C2)nn1. The van der Waals surface area contributed by atoms with Crippen molar-refractivity contribution in [1.29, 1.82) is 0 Å². The van der Waals surface area contributed by atoms with Crippen LogP contribution in [0.1, 0.15) is 35.0 Å². The zero-order valence-electron chi connectivity index (χ0n) is 14.8. The molecule has 1 aliphatic rings. The van der Waals surface area contributed by atoms with Gasteiger partial charge in [0.15, 0.2) is 21.3 Å². The fourth-order valence-electron chi connectivity index (χ4n) is 3.02. The van der Waals surface area contributed by atoms with Gasteiger partial charge in [-0.3, -0.25) is 4.79 Å². The van der Waals surface area contributed by atoms with Crippen molar-refractivity contribution in [1.82, 2.24) is 15.5 Å². The fraction of sp³-hybridized carbons (Fsp3) is 0.389. The molecule has 1 aromatic carbocycles. The van der Waals surface area contributed by atoms with E-state index in [1.165, 1.54) is 5.56 Å². The van der Waals surface area contributed by atoms with Crippen LogP contribution in [0.3, 0.4) is 0 Å². The molecule has 1 amide bonds. The highest BCUT2D eigenvalue weighted by Gasteiger charge is 2.29. The van der Waals surface area contributed by atoms with Crippen LogP contribution in [-0.2, 0) is 16.3 Å². The lowest BCUT2D eigenvalue weighted by Gasteiger charge is -2.13. The summed E-state index contributed by atoms with van der Waals surface area (Å²) in [5.74, 6) is 0.243. The van der Waals surface area contributed by atoms with E-state index in [-0.39, 0.29) is 23.2 Å². The average Bonchev–Trinajstić information content (AvgIpc) is 2.95. The molecule has 26 heavy (non-hydrogen) atoms. The van der Waals surface area contributed by atoms with Crippen LogP contribution in [-0.4, -0.2) is 42.1 Å². The number of nitrogens with one attached hydrogen (secondary N) is 2. The topological polar surface area (TPSA) is 101 Å². The maximum atomic E-state index is 12.2. The summed E-state index contributed by atoms with van der Waals surface area (Å²) >= 11 is 0. The third-order valence-corrected chi connectivity index (χ3v) is 6.23. The van der Waals surface area contributed by atoms with Gasteiger partial charge in [0, 0.05) is 11.7 Å². The van der Waals surface area contributed by atoms with Gasteiger partial charge < -0.3 is 10.6 Å². The highest BCUT2D eigenvalue weighted by molar-refractivity contribution is 7.91. The van der Waals surface area contributed by atoms with Crippen molar-refractivity contribution in [2.24, 2.45) is 0 Å². The smallest absolute Gasteiger partial charge is 0.272 e. The predicted molar refractivity (Wildman–Crippen MR) is 100 cm³/mol. The minimum Gasteiger partial charge on any atom is -0.347 e. The molecular formula is C18H22N4O3S. The molecule has 0 aliphatic carbocycles. The summed E-state index contributed by atoms with van der Waals surface area (Å²) in [7, 11) is -3.04. The Morgan fingerprint density at radius 2 is 2.04 bits per heavy atom. The van der Waals surface area contributed by atoms with Gasteiger partial charge in [-0.05, 0) is 43.0 Å². The van der Waals surface area contributed by atoms with Gasteiger partial charge in [-0.1, -0.05) is 25.1 Å². The van der Waals surface area contributed by atoms with Crippen molar-refractivity contribution in [3.8, 4) is 0 Å². The van der Waals surface area contributed by atoms with Crippen molar-refractivity contribution in [2.75, 3.05) is 16.8 Å². The molecular weight excluding hydrogens is 352 g/mol. The van der Waals surface area contributed by atoms with Gasteiger partial charge in [-0.2, -0.15) is 0 Å². The second-order valence-electron chi connectivity index (χ2n) is 6.46. The number of nitrogens with zero attached hydrogens (tertiary/aromatic N) is 2. The normalized spacial score (nSPS) is 18.5. The molecule has 0 radical (unpaired) electrons. The number of sulfone groups is 1. The quantitative estimate of drug-likeness (QED) is 0.830. The largest absolute Gasteiger partial charge is 0.347 e. The number of rotatable bonds is 5.